The van der Waals surface area contributed by atoms with E-state index in [1.165, 1.54) is 0 Å². The van der Waals surface area contributed by atoms with Gasteiger partial charge in [0.2, 0.25) is 0 Å². The Labute approximate surface area is 243 Å². The summed E-state index contributed by atoms with van der Waals surface area (Å²) in [4.78, 5) is 36.0. The number of rotatable bonds is 0. The fourth-order valence-corrected chi connectivity index (χ4v) is 11.6. The SMILES string of the molecule is n1c2nc(nc3nc([nH]c4[nH]c(nc5nc1C1=C5N[Te]N1)c1c4N[Te]N1)C1=C3N[Te]N1)C1=C2N[Te]N1. The summed E-state index contributed by atoms with van der Waals surface area (Å²) in [5.41, 5.74) is 8.72. The Morgan fingerprint density at radius 3 is 1.44 bits per heavy atom. The molecule has 7 aliphatic rings. The molecule has 9 heterocycles. The number of hydrogen-bond acceptors (Lipinski definition) is 14. The zero-order valence-electron chi connectivity index (χ0n) is 17.3. The van der Waals surface area contributed by atoms with Crippen LogP contribution in [0, 0.1) is 0 Å². The monoisotopic (exact) mass is 946 g/mol. The predicted molar refractivity (Wildman–Crippen MR) is 133 cm³/mol. The van der Waals surface area contributed by atoms with E-state index < -0.39 is 85.9 Å². The summed E-state index contributed by atoms with van der Waals surface area (Å²) in [6.45, 7) is 0. The normalized spacial score (nSPS) is 19.0. The molecule has 0 fully saturated rings. The van der Waals surface area contributed by atoms with Crippen molar-refractivity contribution in [2.24, 2.45) is 0 Å². The number of nitrogens with zero attached hydrogens (tertiary/aromatic N) is 6. The second-order valence-electron chi connectivity index (χ2n) is 7.84. The number of aromatic nitrogens is 8. The zero-order valence-corrected chi connectivity index (χ0v) is 26.6. The van der Waals surface area contributed by atoms with Crippen LogP contribution in [0.15, 0.2) is 0 Å². The van der Waals surface area contributed by atoms with Crippen LogP contribution in [-0.4, -0.2) is 126 Å². The molecule has 0 saturated carbocycles. The van der Waals surface area contributed by atoms with Crippen LogP contribution in [0.5, 0.6) is 0 Å². The summed E-state index contributed by atoms with van der Waals surface area (Å²) >= 11 is -2.50. The first-order chi connectivity index (χ1) is 17.8. The van der Waals surface area contributed by atoms with Gasteiger partial charge in [0.15, 0.2) is 0 Å². The standard InChI is InChI=1S/C16H10N16Te4/c17-9-1-2(26-33-25-1)10(17)22-12-5-6(30-35-29-5)14(19-12)24-16-8-7(31-36-32-8)15(20-16)23-13-4-3(27-34-28-4)11(18-13)21-9/h25-32H,(H2,17,18,19,20,21,22,23,24). The maximum atomic E-state index is 4.93. The van der Waals surface area contributed by atoms with Crippen molar-refractivity contribution in [3.8, 4) is 0 Å². The molecule has 0 amide bonds. The maximum absolute atomic E-state index is 4.93. The number of anilines is 2. The molecule has 0 aromatic carbocycles. The van der Waals surface area contributed by atoms with Crippen LogP contribution in [0.25, 0.3) is 45.5 Å². The first-order valence-corrected chi connectivity index (χ1v) is 19.6. The number of nitrogens with one attached hydrogen (secondary N) is 10. The van der Waals surface area contributed by atoms with Crippen LogP contribution >= 0.6 is 0 Å². The fourth-order valence-electron chi connectivity index (χ4n) is 4.20. The first-order valence-electron chi connectivity index (χ1n) is 10.3. The molecular weight excluding hydrogens is 927 g/mol. The van der Waals surface area contributed by atoms with Gasteiger partial charge in [-0.05, 0) is 0 Å². The van der Waals surface area contributed by atoms with E-state index in [0.29, 0.717) is 40.6 Å². The van der Waals surface area contributed by atoms with Gasteiger partial charge in [-0.2, -0.15) is 0 Å². The van der Waals surface area contributed by atoms with Crippen molar-refractivity contribution in [3.63, 3.8) is 0 Å². The Kier molecular flexibility index (Phi) is 4.47. The number of hydrogen-bond donors (Lipinski definition) is 10. The summed E-state index contributed by atoms with van der Waals surface area (Å²) in [5.74, 6) is 3.59. The fraction of sp³-hybridized carbons (Fsp3) is 0. The Hall–Kier alpha value is -2.12. The molecule has 0 atom stereocenters. The summed E-state index contributed by atoms with van der Waals surface area (Å²) in [7, 11) is 0. The van der Waals surface area contributed by atoms with Gasteiger partial charge in [-0.1, -0.05) is 0 Å². The van der Waals surface area contributed by atoms with E-state index in [2.05, 4.69) is 38.5 Å². The van der Waals surface area contributed by atoms with E-state index in [9.17, 15) is 0 Å². The molecule has 0 spiro atoms. The van der Waals surface area contributed by atoms with Crippen molar-refractivity contribution in [2.45, 2.75) is 0 Å². The molecule has 20 heteroatoms. The van der Waals surface area contributed by atoms with Crippen LogP contribution in [0.4, 0.5) is 11.4 Å². The van der Waals surface area contributed by atoms with Crippen molar-refractivity contribution >= 4 is 143 Å². The van der Waals surface area contributed by atoms with Gasteiger partial charge in [-0.25, -0.2) is 0 Å². The van der Waals surface area contributed by atoms with Gasteiger partial charge in [0.1, 0.15) is 0 Å². The van der Waals surface area contributed by atoms with Crippen LogP contribution < -0.4 is 28.5 Å². The van der Waals surface area contributed by atoms with Crippen LogP contribution in [0.1, 0.15) is 34.9 Å². The van der Waals surface area contributed by atoms with Gasteiger partial charge < -0.3 is 0 Å². The summed E-state index contributed by atoms with van der Waals surface area (Å²) < 4.78 is 27.8. The Morgan fingerprint density at radius 2 is 0.833 bits per heavy atom. The molecular formula is C16H10N16Te4. The van der Waals surface area contributed by atoms with E-state index in [1.54, 1.807) is 0 Å². The summed E-state index contributed by atoms with van der Waals surface area (Å²) in [6, 6.07) is 0. The summed E-state index contributed by atoms with van der Waals surface area (Å²) in [5, 5.41) is 0. The number of fused-ring (bicyclic) bond motifs is 17. The van der Waals surface area contributed by atoms with Gasteiger partial charge in [0, 0.05) is 0 Å². The van der Waals surface area contributed by atoms with E-state index in [1.807, 2.05) is 0 Å². The minimum atomic E-state index is -0.640. The van der Waals surface area contributed by atoms with Gasteiger partial charge in [0.05, 0.1) is 0 Å². The summed E-state index contributed by atoms with van der Waals surface area (Å²) in [6.07, 6.45) is 0. The van der Waals surface area contributed by atoms with Crippen molar-refractivity contribution < 1.29 is 0 Å². The molecule has 0 saturated heterocycles. The third-order valence-corrected chi connectivity index (χ3v) is 12.8. The van der Waals surface area contributed by atoms with Crippen LogP contribution in [-0.2, 0) is 0 Å². The second kappa shape index (κ2) is 7.70. The van der Waals surface area contributed by atoms with E-state index in [-0.39, 0.29) is 0 Å². The third kappa shape index (κ3) is 2.93. The molecule has 9 rings (SSSR count). The molecule has 8 bridgehead atoms. The molecule has 10 N–H and O–H groups in total. The second-order valence-corrected chi connectivity index (χ2v) is 14.8. The third-order valence-electron chi connectivity index (χ3n) is 5.84. The first kappa shape index (κ1) is 20.9. The number of aromatic amines is 2. The average molecular weight is 937 g/mol. The van der Waals surface area contributed by atoms with Crippen LogP contribution in [0.2, 0.25) is 0 Å². The molecule has 2 aromatic heterocycles. The quantitative estimate of drug-likeness (QED) is 0.118. The molecule has 16 nitrogen and oxygen atoms in total. The van der Waals surface area contributed by atoms with Crippen molar-refractivity contribution in [3.05, 3.63) is 34.9 Å². The van der Waals surface area contributed by atoms with Gasteiger partial charge in [-0.15, -0.1) is 0 Å². The Bertz CT molecular complexity index is 1600. The zero-order chi connectivity index (χ0) is 23.4. The van der Waals surface area contributed by atoms with E-state index in [0.717, 1.165) is 51.2 Å². The molecule has 0 radical (unpaired) electrons. The molecule has 36 heavy (non-hydrogen) atoms. The predicted octanol–water partition coefficient (Wildman–Crippen LogP) is -3.35. The van der Waals surface area contributed by atoms with E-state index >= 15 is 0 Å². The van der Waals surface area contributed by atoms with Gasteiger partial charge >= 0.3 is 246 Å². The Balaban J connectivity index is 1.41. The average Bonchev–Trinajstić information content (AvgIpc) is 3.67. The molecule has 7 aliphatic heterocycles. The van der Waals surface area contributed by atoms with E-state index in [4.69, 9.17) is 29.9 Å². The topological polar surface area (TPSA) is 205 Å². The molecule has 2 aromatic rings. The molecule has 0 aliphatic carbocycles. The van der Waals surface area contributed by atoms with Crippen molar-refractivity contribution in [1.29, 1.82) is 0 Å². The van der Waals surface area contributed by atoms with Gasteiger partial charge in [-0.3, -0.25) is 0 Å². The Morgan fingerprint density at radius 1 is 0.389 bits per heavy atom. The van der Waals surface area contributed by atoms with Crippen molar-refractivity contribution in [2.75, 3.05) is 7.13 Å². The number of H-pyrrole nitrogens is 2. The van der Waals surface area contributed by atoms with Crippen LogP contribution in [0.3, 0.4) is 0 Å². The minimum absolute atomic E-state index is 0.563. The van der Waals surface area contributed by atoms with Gasteiger partial charge in [0.25, 0.3) is 0 Å². The molecule has 0 unspecified atom stereocenters. The molecule has 178 valence electrons. The van der Waals surface area contributed by atoms with Crippen molar-refractivity contribution in [1.82, 2.24) is 61.3 Å².